The van der Waals surface area contributed by atoms with Gasteiger partial charge in [-0.25, -0.2) is 14.5 Å². The largest absolute Gasteiger partial charge is 0.465 e. The van der Waals surface area contributed by atoms with Crippen molar-refractivity contribution in [2.75, 3.05) is 26.2 Å². The van der Waals surface area contributed by atoms with Gasteiger partial charge in [0.25, 0.3) is 11.8 Å². The molecule has 1 aliphatic rings. The Labute approximate surface area is 252 Å². The fourth-order valence-corrected chi connectivity index (χ4v) is 5.21. The van der Waals surface area contributed by atoms with E-state index in [0.717, 1.165) is 36.0 Å². The number of carbonyl (C=O) groups is 4. The van der Waals surface area contributed by atoms with Crippen LogP contribution >= 0.6 is 0 Å². The lowest BCUT2D eigenvalue weighted by Crippen LogP contribution is -2.49. The number of urea groups is 1. The summed E-state index contributed by atoms with van der Waals surface area (Å²) in [4.78, 5) is 59.5. The molecule has 0 atom stereocenters. The number of aryl methyl sites for hydroxylation is 1. The first-order valence-corrected chi connectivity index (χ1v) is 14.9. The van der Waals surface area contributed by atoms with Gasteiger partial charge in [-0.15, -0.1) is 0 Å². The van der Waals surface area contributed by atoms with Crippen LogP contribution in [0.15, 0.2) is 71.3 Å². The summed E-state index contributed by atoms with van der Waals surface area (Å²) in [6.45, 7) is 4.89. The lowest BCUT2D eigenvalue weighted by Gasteiger charge is -2.31. The Morgan fingerprint density at radius 2 is 1.56 bits per heavy atom. The number of benzene rings is 2. The van der Waals surface area contributed by atoms with Crippen molar-refractivity contribution in [1.82, 2.24) is 19.7 Å². The van der Waals surface area contributed by atoms with Gasteiger partial charge in [-0.2, -0.15) is 4.98 Å². The predicted molar refractivity (Wildman–Crippen MR) is 161 cm³/mol. The summed E-state index contributed by atoms with van der Waals surface area (Å²) in [5.41, 5.74) is 2.28. The van der Waals surface area contributed by atoms with Crippen LogP contribution in [0.1, 0.15) is 71.8 Å². The second-order valence-electron chi connectivity index (χ2n) is 11.4. The van der Waals surface area contributed by atoms with E-state index in [9.17, 15) is 24.3 Å². The SMILES string of the molecule is CC(C)CCN(C(=O)O)C(=O)N(CCCc1ccccc1)C(=O)c1nc(C(=O)N2CCC(Cc3ccccc3)CC2)co1. The maximum absolute atomic E-state index is 13.5. The highest BCUT2D eigenvalue weighted by molar-refractivity contribution is 6.05. The predicted octanol–water partition coefficient (Wildman–Crippen LogP) is 5.99. The monoisotopic (exact) mass is 588 g/mol. The third kappa shape index (κ3) is 8.76. The van der Waals surface area contributed by atoms with Gasteiger partial charge in [0.2, 0.25) is 0 Å². The van der Waals surface area contributed by atoms with E-state index in [1.165, 1.54) is 5.56 Å². The molecule has 0 aliphatic carbocycles. The Hall–Kier alpha value is -4.47. The number of aromatic nitrogens is 1. The van der Waals surface area contributed by atoms with Crippen LogP contribution in [-0.4, -0.2) is 74.9 Å². The minimum absolute atomic E-state index is 0.0172. The Kier molecular flexibility index (Phi) is 11.1. The molecule has 1 saturated heterocycles. The van der Waals surface area contributed by atoms with Crippen LogP contribution in [0.5, 0.6) is 0 Å². The summed E-state index contributed by atoms with van der Waals surface area (Å²) in [7, 11) is 0. The summed E-state index contributed by atoms with van der Waals surface area (Å²) in [5, 5.41) is 9.76. The van der Waals surface area contributed by atoms with Gasteiger partial charge in [0, 0.05) is 26.2 Å². The van der Waals surface area contributed by atoms with E-state index in [-0.39, 0.29) is 30.6 Å². The number of likely N-dealkylation sites (tertiary alicyclic amines) is 1. The molecular formula is C33H40N4O6. The van der Waals surface area contributed by atoms with E-state index in [1.54, 1.807) is 4.90 Å². The molecule has 3 aromatic rings. The van der Waals surface area contributed by atoms with Crippen LogP contribution < -0.4 is 0 Å². The molecule has 0 bridgehead atoms. The number of rotatable bonds is 11. The molecule has 1 aliphatic heterocycles. The van der Waals surface area contributed by atoms with Crippen LogP contribution in [0, 0.1) is 11.8 Å². The van der Waals surface area contributed by atoms with E-state index >= 15 is 0 Å². The average molecular weight is 589 g/mol. The lowest BCUT2D eigenvalue weighted by atomic mass is 9.90. The highest BCUT2D eigenvalue weighted by Gasteiger charge is 2.34. The van der Waals surface area contributed by atoms with E-state index < -0.39 is 23.9 Å². The molecule has 2 heterocycles. The van der Waals surface area contributed by atoms with E-state index in [0.29, 0.717) is 43.2 Å². The molecule has 1 aromatic heterocycles. The Morgan fingerprint density at radius 1 is 0.930 bits per heavy atom. The number of hydrogen-bond acceptors (Lipinski definition) is 6. The van der Waals surface area contributed by atoms with E-state index in [1.807, 2.05) is 62.4 Å². The summed E-state index contributed by atoms with van der Waals surface area (Å²) >= 11 is 0. The molecule has 0 unspecified atom stereocenters. The molecule has 4 rings (SSSR count). The minimum Gasteiger partial charge on any atom is -0.465 e. The van der Waals surface area contributed by atoms with E-state index in [4.69, 9.17) is 4.42 Å². The number of piperidine rings is 1. The Balaban J connectivity index is 1.43. The molecule has 5 amide bonds. The van der Waals surface area contributed by atoms with Crippen LogP contribution in [-0.2, 0) is 12.8 Å². The van der Waals surface area contributed by atoms with Crippen LogP contribution in [0.4, 0.5) is 9.59 Å². The third-order valence-corrected chi connectivity index (χ3v) is 7.73. The summed E-state index contributed by atoms with van der Waals surface area (Å²) in [6, 6.07) is 18.9. The quantitative estimate of drug-likeness (QED) is 0.292. The van der Waals surface area contributed by atoms with Crippen molar-refractivity contribution in [3.8, 4) is 0 Å². The van der Waals surface area contributed by atoms with Crippen molar-refractivity contribution in [3.05, 3.63) is 89.6 Å². The third-order valence-electron chi connectivity index (χ3n) is 7.73. The maximum atomic E-state index is 13.5. The zero-order chi connectivity index (χ0) is 30.8. The summed E-state index contributed by atoms with van der Waals surface area (Å²) in [5.74, 6) is -1.02. The Bertz CT molecular complexity index is 1370. The Morgan fingerprint density at radius 3 is 2.16 bits per heavy atom. The number of hydrogen-bond donors (Lipinski definition) is 1. The molecule has 0 radical (unpaired) electrons. The van der Waals surface area contributed by atoms with Crippen molar-refractivity contribution in [2.45, 2.75) is 52.4 Å². The molecule has 0 saturated carbocycles. The number of amides is 5. The van der Waals surface area contributed by atoms with Crippen molar-refractivity contribution >= 4 is 23.9 Å². The van der Waals surface area contributed by atoms with Gasteiger partial charge in [0.1, 0.15) is 6.26 Å². The molecule has 0 spiro atoms. The van der Waals surface area contributed by atoms with Gasteiger partial charge < -0.3 is 14.4 Å². The number of nitrogens with zero attached hydrogens (tertiary/aromatic N) is 4. The summed E-state index contributed by atoms with van der Waals surface area (Å²) < 4.78 is 5.40. The molecule has 10 heteroatoms. The fraction of sp³-hybridized carbons (Fsp3) is 0.424. The maximum Gasteiger partial charge on any atom is 0.415 e. The average Bonchev–Trinajstić information content (AvgIpc) is 3.50. The van der Waals surface area contributed by atoms with Gasteiger partial charge in [0.05, 0.1) is 0 Å². The minimum atomic E-state index is -1.44. The molecule has 1 fully saturated rings. The van der Waals surface area contributed by atoms with Gasteiger partial charge >= 0.3 is 18.0 Å². The summed E-state index contributed by atoms with van der Waals surface area (Å²) in [6.07, 6.45) is 3.80. The molecule has 228 valence electrons. The second kappa shape index (κ2) is 15.1. The number of carboxylic acid groups (broad SMARTS) is 1. The number of carbonyl (C=O) groups excluding carboxylic acids is 3. The molecule has 43 heavy (non-hydrogen) atoms. The van der Waals surface area contributed by atoms with Gasteiger partial charge in [-0.05, 0) is 61.5 Å². The van der Waals surface area contributed by atoms with Gasteiger partial charge in [-0.1, -0.05) is 74.5 Å². The zero-order valence-corrected chi connectivity index (χ0v) is 24.9. The van der Waals surface area contributed by atoms with Crippen LogP contribution in [0.2, 0.25) is 0 Å². The van der Waals surface area contributed by atoms with Crippen molar-refractivity contribution in [3.63, 3.8) is 0 Å². The highest BCUT2D eigenvalue weighted by atomic mass is 16.4. The first kappa shape index (κ1) is 31.5. The van der Waals surface area contributed by atoms with E-state index in [2.05, 4.69) is 17.1 Å². The standard InChI is InChI=1S/C33H40N4O6/c1-24(2)15-21-37(33(41)42)32(40)36(18-9-14-25-10-5-3-6-11-25)31(39)29-34-28(23-43-29)30(38)35-19-16-27(17-20-35)22-26-12-7-4-8-13-26/h3-8,10-13,23-24,27H,9,14-22H2,1-2H3,(H,41,42). The van der Waals surface area contributed by atoms with Crippen molar-refractivity contribution in [1.29, 1.82) is 0 Å². The first-order valence-electron chi connectivity index (χ1n) is 14.9. The lowest BCUT2D eigenvalue weighted by molar-refractivity contribution is 0.0684. The number of imide groups is 2. The topological polar surface area (TPSA) is 124 Å². The fourth-order valence-electron chi connectivity index (χ4n) is 5.21. The molecule has 2 aromatic carbocycles. The first-order chi connectivity index (χ1) is 20.7. The molecule has 1 N–H and O–H groups in total. The smallest absolute Gasteiger partial charge is 0.415 e. The highest BCUT2D eigenvalue weighted by Crippen LogP contribution is 2.23. The van der Waals surface area contributed by atoms with Crippen LogP contribution in [0.25, 0.3) is 0 Å². The van der Waals surface area contributed by atoms with Crippen molar-refractivity contribution < 1.29 is 28.7 Å². The van der Waals surface area contributed by atoms with Crippen molar-refractivity contribution in [2.24, 2.45) is 11.8 Å². The normalized spacial score (nSPS) is 13.6. The second-order valence-corrected chi connectivity index (χ2v) is 11.4. The molecule has 10 nitrogen and oxygen atoms in total. The van der Waals surface area contributed by atoms with Gasteiger partial charge in [-0.3, -0.25) is 14.5 Å². The molecular weight excluding hydrogens is 548 g/mol. The number of oxazole rings is 1. The van der Waals surface area contributed by atoms with Gasteiger partial charge in [0.15, 0.2) is 5.69 Å². The van der Waals surface area contributed by atoms with Crippen LogP contribution in [0.3, 0.4) is 0 Å². The zero-order valence-electron chi connectivity index (χ0n) is 24.9.